The molecule has 36 heavy (non-hydrogen) atoms. The van der Waals surface area contributed by atoms with Crippen molar-refractivity contribution in [3.8, 4) is 0 Å². The quantitative estimate of drug-likeness (QED) is 0.0775. The van der Waals surface area contributed by atoms with Crippen LogP contribution in [-0.4, -0.2) is 24.6 Å². The second-order valence-electron chi connectivity index (χ2n) is 10.9. The molecule has 0 aromatic heterocycles. The monoisotopic (exact) mass is 510 g/mol. The lowest BCUT2D eigenvalue weighted by Gasteiger charge is -2.13. The van der Waals surface area contributed by atoms with Crippen molar-refractivity contribution in [1.29, 1.82) is 0 Å². The molecule has 4 heteroatoms. The SMILES string of the molecule is CCCCCCCCCCCCCC(=O)OCCC(C)OC(=O)CCCCCCCCCCCCC. The van der Waals surface area contributed by atoms with Gasteiger partial charge in [0, 0.05) is 19.3 Å². The molecule has 0 aliphatic rings. The standard InChI is InChI=1S/C32H62O4/c1-4-6-8-10-12-14-16-18-20-22-24-26-31(33)35-29-28-30(3)36-32(34)27-25-23-21-19-17-15-13-11-9-7-5-2/h30H,4-29H2,1-3H3. The number of unbranched alkanes of at least 4 members (excludes halogenated alkanes) is 20. The third-order valence-corrected chi connectivity index (χ3v) is 7.09. The van der Waals surface area contributed by atoms with E-state index in [1.807, 2.05) is 6.92 Å². The van der Waals surface area contributed by atoms with Crippen LogP contribution in [0.2, 0.25) is 0 Å². The molecule has 1 unspecified atom stereocenters. The number of hydrogen-bond acceptors (Lipinski definition) is 4. The van der Waals surface area contributed by atoms with Crippen molar-refractivity contribution in [2.45, 2.75) is 187 Å². The van der Waals surface area contributed by atoms with Crippen LogP contribution in [0.25, 0.3) is 0 Å². The maximum atomic E-state index is 12.0. The summed E-state index contributed by atoms with van der Waals surface area (Å²) in [5, 5.41) is 0. The van der Waals surface area contributed by atoms with E-state index in [1.54, 1.807) is 0 Å². The number of hydrogen-bond donors (Lipinski definition) is 0. The van der Waals surface area contributed by atoms with E-state index < -0.39 is 0 Å². The molecule has 0 spiro atoms. The summed E-state index contributed by atoms with van der Waals surface area (Å²) in [5.74, 6) is -0.240. The average molecular weight is 511 g/mol. The number of carbonyl (C=O) groups excluding carboxylic acids is 2. The molecule has 0 N–H and O–H groups in total. The van der Waals surface area contributed by atoms with Crippen molar-refractivity contribution in [1.82, 2.24) is 0 Å². The molecule has 0 amide bonds. The van der Waals surface area contributed by atoms with E-state index in [2.05, 4.69) is 13.8 Å². The fourth-order valence-electron chi connectivity index (χ4n) is 4.62. The highest BCUT2D eigenvalue weighted by atomic mass is 16.6. The van der Waals surface area contributed by atoms with Crippen LogP contribution >= 0.6 is 0 Å². The molecule has 0 aliphatic heterocycles. The second kappa shape index (κ2) is 28.5. The molecule has 1 atom stereocenters. The number of esters is 2. The van der Waals surface area contributed by atoms with Crippen LogP contribution in [0.3, 0.4) is 0 Å². The van der Waals surface area contributed by atoms with Gasteiger partial charge in [0.1, 0.15) is 6.10 Å². The molecule has 0 rings (SSSR count). The zero-order chi connectivity index (χ0) is 26.5. The van der Waals surface area contributed by atoms with E-state index in [9.17, 15) is 9.59 Å². The summed E-state index contributed by atoms with van der Waals surface area (Å²) >= 11 is 0. The molecule has 214 valence electrons. The highest BCUT2D eigenvalue weighted by molar-refractivity contribution is 5.69. The molecule has 0 aromatic carbocycles. The Morgan fingerprint density at radius 1 is 0.500 bits per heavy atom. The van der Waals surface area contributed by atoms with Crippen LogP contribution in [0.4, 0.5) is 0 Å². The van der Waals surface area contributed by atoms with E-state index in [-0.39, 0.29) is 18.0 Å². The van der Waals surface area contributed by atoms with Crippen LogP contribution in [0, 0.1) is 0 Å². The van der Waals surface area contributed by atoms with Gasteiger partial charge in [0.25, 0.3) is 0 Å². The second-order valence-corrected chi connectivity index (χ2v) is 10.9. The Hall–Kier alpha value is -1.06. The molecular formula is C32H62O4. The van der Waals surface area contributed by atoms with Crippen molar-refractivity contribution in [3.63, 3.8) is 0 Å². The van der Waals surface area contributed by atoms with Crippen LogP contribution in [-0.2, 0) is 19.1 Å². The van der Waals surface area contributed by atoms with Crippen molar-refractivity contribution in [2.75, 3.05) is 6.61 Å². The summed E-state index contributed by atoms with van der Waals surface area (Å²) in [6.45, 7) is 6.74. The molecule has 0 fully saturated rings. The normalized spacial score (nSPS) is 12.0. The molecule has 4 nitrogen and oxygen atoms in total. The third-order valence-electron chi connectivity index (χ3n) is 7.09. The minimum Gasteiger partial charge on any atom is -0.466 e. The van der Waals surface area contributed by atoms with Gasteiger partial charge in [-0.05, 0) is 19.8 Å². The van der Waals surface area contributed by atoms with Gasteiger partial charge in [-0.2, -0.15) is 0 Å². The summed E-state index contributed by atoms with van der Waals surface area (Å²) in [5.41, 5.74) is 0. The lowest BCUT2D eigenvalue weighted by atomic mass is 10.1. The van der Waals surface area contributed by atoms with Crippen molar-refractivity contribution in [2.24, 2.45) is 0 Å². The molecule has 0 saturated carbocycles. The van der Waals surface area contributed by atoms with E-state index in [0.29, 0.717) is 25.9 Å². The van der Waals surface area contributed by atoms with E-state index in [0.717, 1.165) is 25.7 Å². The van der Waals surface area contributed by atoms with Gasteiger partial charge in [-0.3, -0.25) is 9.59 Å². The molecule has 0 aromatic rings. The smallest absolute Gasteiger partial charge is 0.306 e. The number of ether oxygens (including phenoxy) is 2. The fraction of sp³-hybridized carbons (Fsp3) is 0.938. The first-order chi connectivity index (χ1) is 17.6. The molecular weight excluding hydrogens is 448 g/mol. The lowest BCUT2D eigenvalue weighted by molar-refractivity contribution is -0.150. The van der Waals surface area contributed by atoms with Gasteiger partial charge < -0.3 is 9.47 Å². The Kier molecular flexibility index (Phi) is 27.7. The van der Waals surface area contributed by atoms with E-state index in [4.69, 9.17) is 9.47 Å². The molecule has 0 radical (unpaired) electrons. The summed E-state index contributed by atoms with van der Waals surface area (Å²) in [7, 11) is 0. The fourth-order valence-corrected chi connectivity index (χ4v) is 4.62. The Labute approximate surface area is 225 Å². The first-order valence-corrected chi connectivity index (χ1v) is 15.9. The molecule has 0 bridgehead atoms. The predicted molar refractivity (Wildman–Crippen MR) is 153 cm³/mol. The highest BCUT2D eigenvalue weighted by Gasteiger charge is 2.11. The van der Waals surface area contributed by atoms with Crippen molar-refractivity contribution >= 4 is 11.9 Å². The van der Waals surface area contributed by atoms with Gasteiger partial charge in [0.15, 0.2) is 0 Å². The molecule has 0 saturated heterocycles. The van der Waals surface area contributed by atoms with Crippen LogP contribution in [0.1, 0.15) is 181 Å². The zero-order valence-electron chi connectivity index (χ0n) is 24.6. The van der Waals surface area contributed by atoms with Gasteiger partial charge in [-0.15, -0.1) is 0 Å². The maximum absolute atomic E-state index is 12.0. The summed E-state index contributed by atoms with van der Waals surface area (Å²) in [6, 6.07) is 0. The predicted octanol–water partition coefficient (Wildman–Crippen LogP) is 10.3. The highest BCUT2D eigenvalue weighted by Crippen LogP contribution is 2.14. The topological polar surface area (TPSA) is 52.6 Å². The number of rotatable bonds is 28. The Bertz CT molecular complexity index is 477. The molecule has 0 aliphatic carbocycles. The maximum Gasteiger partial charge on any atom is 0.306 e. The van der Waals surface area contributed by atoms with E-state index in [1.165, 1.54) is 116 Å². The van der Waals surface area contributed by atoms with Gasteiger partial charge in [-0.1, -0.05) is 142 Å². The zero-order valence-corrected chi connectivity index (χ0v) is 24.6. The summed E-state index contributed by atoms with van der Waals surface area (Å²) in [4.78, 5) is 23.9. The van der Waals surface area contributed by atoms with Crippen molar-refractivity contribution < 1.29 is 19.1 Å². The van der Waals surface area contributed by atoms with Gasteiger partial charge >= 0.3 is 11.9 Å². The average Bonchev–Trinajstić information content (AvgIpc) is 2.85. The minimum atomic E-state index is -0.194. The molecule has 0 heterocycles. The van der Waals surface area contributed by atoms with Crippen LogP contribution < -0.4 is 0 Å². The van der Waals surface area contributed by atoms with Crippen molar-refractivity contribution in [3.05, 3.63) is 0 Å². The minimum absolute atomic E-state index is 0.120. The van der Waals surface area contributed by atoms with Crippen LogP contribution in [0.5, 0.6) is 0 Å². The first-order valence-electron chi connectivity index (χ1n) is 15.9. The Morgan fingerprint density at radius 3 is 1.22 bits per heavy atom. The Balaban J connectivity index is 3.42. The van der Waals surface area contributed by atoms with Gasteiger partial charge in [-0.25, -0.2) is 0 Å². The van der Waals surface area contributed by atoms with Gasteiger partial charge in [0.05, 0.1) is 6.61 Å². The number of carbonyl (C=O) groups is 2. The lowest BCUT2D eigenvalue weighted by Crippen LogP contribution is -2.18. The first kappa shape index (κ1) is 34.9. The third kappa shape index (κ3) is 27.5. The Morgan fingerprint density at radius 2 is 0.833 bits per heavy atom. The van der Waals surface area contributed by atoms with Crippen LogP contribution in [0.15, 0.2) is 0 Å². The summed E-state index contributed by atoms with van der Waals surface area (Å²) < 4.78 is 10.8. The largest absolute Gasteiger partial charge is 0.466 e. The summed E-state index contributed by atoms with van der Waals surface area (Å²) in [6.07, 6.45) is 29.5. The van der Waals surface area contributed by atoms with Gasteiger partial charge in [0.2, 0.25) is 0 Å². The van der Waals surface area contributed by atoms with E-state index >= 15 is 0 Å².